The number of amides is 1. The largest absolute Gasteiger partial charge is 0.482 e. The number of hydrogen-bond donors (Lipinski definition) is 4. The molecule has 4 N–H and O–H groups in total. The van der Waals surface area contributed by atoms with Crippen molar-refractivity contribution in [2.75, 3.05) is 6.61 Å². The molecule has 5 aromatic carbocycles. The molecule has 4 bridgehead atoms. The van der Waals surface area contributed by atoms with E-state index in [9.17, 15) is 25.2 Å². The summed E-state index contributed by atoms with van der Waals surface area (Å²) in [4.78, 5) is 52.8. The lowest BCUT2D eigenvalue weighted by Gasteiger charge is -2.64. The number of nitrogens with zero attached hydrogens (tertiary/aromatic N) is 2. The third kappa shape index (κ3) is 8.24. The second kappa shape index (κ2) is 19.8. The van der Waals surface area contributed by atoms with Gasteiger partial charge in [0.15, 0.2) is 22.8 Å². The van der Waals surface area contributed by atoms with Crippen LogP contribution in [0.1, 0.15) is 125 Å². The SMILES string of the molecule is CC(C)=CCCC1(C)C=Cc2c(c(CC=C(C)C)c3c(c2O[C@@H]2O[C@H](CO)[C@@H](O)[C@H](O)[C@H]2O)C(=O)C2C(N4Cc5cccc6cccc(c56)C4)C4CC5C(C)(C)OC(CC=C(C)C(=O)N6Cc7cccc8cccc(c78)C6)(C4=O)C25O3)O1. The normalized spacial score (nSPS) is 31.9. The maximum absolute atomic E-state index is 17.3. The summed E-state index contributed by atoms with van der Waals surface area (Å²) in [6.45, 7) is 16.9. The van der Waals surface area contributed by atoms with Crippen molar-refractivity contribution in [3.8, 4) is 17.2 Å². The fraction of sp³-hybridized carbons (Fsp3) is 0.456. The topological polar surface area (TPSA) is 185 Å². The number of carbonyl (C=O) groups is 3. The average Bonchev–Trinajstić information content (AvgIpc) is 1.77. The van der Waals surface area contributed by atoms with E-state index in [2.05, 4.69) is 73.4 Å². The Labute approximate surface area is 478 Å². The third-order valence-corrected chi connectivity index (χ3v) is 19.5. The Balaban J connectivity index is 1.01. The summed E-state index contributed by atoms with van der Waals surface area (Å²) in [6, 6.07) is 24.2. The molecule has 82 heavy (non-hydrogen) atoms. The van der Waals surface area contributed by atoms with Gasteiger partial charge in [0, 0.05) is 61.6 Å². The molecule has 3 aliphatic carbocycles. The first-order valence-corrected chi connectivity index (χ1v) is 29.2. The highest BCUT2D eigenvalue weighted by atomic mass is 16.7. The Morgan fingerprint density at radius 3 is 1.96 bits per heavy atom. The van der Waals surface area contributed by atoms with Gasteiger partial charge in [0.1, 0.15) is 52.8 Å². The molecule has 3 saturated carbocycles. The van der Waals surface area contributed by atoms with Gasteiger partial charge in [-0.15, -0.1) is 0 Å². The Hall–Kier alpha value is -6.49. The zero-order valence-electron chi connectivity index (χ0n) is 48.0. The maximum Gasteiger partial charge on any atom is 0.249 e. The molecule has 6 aliphatic heterocycles. The average molecular weight is 1110 g/mol. The first-order chi connectivity index (χ1) is 39.2. The van der Waals surface area contributed by atoms with Crippen molar-refractivity contribution in [3.63, 3.8) is 0 Å². The van der Waals surface area contributed by atoms with Crippen molar-refractivity contribution < 1.29 is 58.5 Å². The molecule has 2 saturated heterocycles. The summed E-state index contributed by atoms with van der Waals surface area (Å²) in [6.07, 6.45) is 3.42. The second-order valence-electron chi connectivity index (χ2n) is 25.7. The molecule has 14 rings (SSSR count). The molecular formula is C68H74N2O12. The van der Waals surface area contributed by atoms with E-state index >= 15 is 9.59 Å². The number of benzene rings is 5. The van der Waals surface area contributed by atoms with Gasteiger partial charge in [-0.05, 0) is 137 Å². The molecule has 0 radical (unpaired) electrons. The summed E-state index contributed by atoms with van der Waals surface area (Å²) in [5.74, 6) is -2.54. The van der Waals surface area contributed by atoms with Gasteiger partial charge in [-0.3, -0.25) is 19.3 Å². The van der Waals surface area contributed by atoms with E-state index in [0.29, 0.717) is 67.9 Å². The Kier molecular flexibility index (Phi) is 13.2. The third-order valence-electron chi connectivity index (χ3n) is 19.5. The van der Waals surface area contributed by atoms with E-state index in [1.54, 1.807) is 6.92 Å². The number of aliphatic hydroxyl groups is 4. The minimum atomic E-state index is -1.82. The van der Waals surface area contributed by atoms with Crippen LogP contribution in [0.2, 0.25) is 0 Å². The molecule has 1 spiro atoms. The first kappa shape index (κ1) is 54.7. The number of carbonyl (C=O) groups excluding carboxylic acids is 3. The lowest BCUT2D eigenvalue weighted by atomic mass is 9.44. The summed E-state index contributed by atoms with van der Waals surface area (Å²) < 4.78 is 35.7. The Morgan fingerprint density at radius 1 is 0.756 bits per heavy atom. The van der Waals surface area contributed by atoms with E-state index in [0.717, 1.165) is 49.6 Å². The van der Waals surface area contributed by atoms with E-state index in [4.69, 9.17) is 23.7 Å². The van der Waals surface area contributed by atoms with E-state index in [1.165, 1.54) is 5.39 Å². The summed E-state index contributed by atoms with van der Waals surface area (Å²) >= 11 is 0. The molecule has 9 aliphatic rings. The van der Waals surface area contributed by atoms with Crippen molar-refractivity contribution in [3.05, 3.63) is 153 Å². The van der Waals surface area contributed by atoms with Crippen molar-refractivity contribution >= 4 is 45.1 Å². The molecule has 14 nitrogen and oxygen atoms in total. The predicted molar refractivity (Wildman–Crippen MR) is 310 cm³/mol. The zero-order valence-corrected chi connectivity index (χ0v) is 48.0. The van der Waals surface area contributed by atoms with Gasteiger partial charge >= 0.3 is 0 Å². The quantitative estimate of drug-likeness (QED) is 0.0685. The van der Waals surface area contributed by atoms with Crippen LogP contribution in [0.5, 0.6) is 17.2 Å². The molecule has 1 amide bonds. The Bertz CT molecular complexity index is 3560. The fourth-order valence-corrected chi connectivity index (χ4v) is 15.7. The van der Waals surface area contributed by atoms with E-state index in [-0.39, 0.29) is 47.4 Å². The summed E-state index contributed by atoms with van der Waals surface area (Å²) in [5, 5.41) is 48.8. The van der Waals surface area contributed by atoms with E-state index < -0.39 is 83.5 Å². The van der Waals surface area contributed by atoms with Crippen LogP contribution in [0.3, 0.4) is 0 Å². The number of ketones is 2. The number of fused-ring (bicyclic) bond motifs is 2. The van der Waals surface area contributed by atoms with Crippen molar-refractivity contribution in [1.29, 1.82) is 0 Å². The van der Waals surface area contributed by atoms with Gasteiger partial charge in [0.25, 0.3) is 0 Å². The number of Topliss-reactive ketones (excluding diaryl/α,β-unsaturated/α-hetero) is 2. The molecule has 14 heteroatoms. The van der Waals surface area contributed by atoms with Gasteiger partial charge in [-0.2, -0.15) is 0 Å². The molecule has 12 atom stereocenters. The molecule has 7 unspecified atom stereocenters. The first-order valence-electron chi connectivity index (χ1n) is 29.2. The summed E-state index contributed by atoms with van der Waals surface area (Å²) in [7, 11) is 0. The van der Waals surface area contributed by atoms with E-state index in [1.807, 2.05) is 88.1 Å². The molecule has 5 fully saturated rings. The lowest BCUT2D eigenvalue weighted by Crippen LogP contribution is -2.82. The monoisotopic (exact) mass is 1110 g/mol. The van der Waals surface area contributed by atoms with Crippen LogP contribution >= 0.6 is 0 Å². The van der Waals surface area contributed by atoms with Crippen LogP contribution in [0, 0.1) is 17.8 Å². The van der Waals surface area contributed by atoms with Crippen LogP contribution in [-0.2, 0) is 51.7 Å². The lowest BCUT2D eigenvalue weighted by molar-refractivity contribution is -0.277. The van der Waals surface area contributed by atoms with Gasteiger partial charge < -0.3 is 49.0 Å². The smallest absolute Gasteiger partial charge is 0.249 e. The second-order valence-corrected chi connectivity index (χ2v) is 25.7. The van der Waals surface area contributed by atoms with Crippen LogP contribution < -0.4 is 14.2 Å². The number of hydrogen-bond acceptors (Lipinski definition) is 13. The summed E-state index contributed by atoms with van der Waals surface area (Å²) in [5.41, 5.74) is 2.52. The molecular weight excluding hydrogens is 1040 g/mol. The molecule has 6 heterocycles. The molecule has 5 aromatic rings. The fourth-order valence-electron chi connectivity index (χ4n) is 15.7. The van der Waals surface area contributed by atoms with Crippen LogP contribution in [0.15, 0.2) is 114 Å². The van der Waals surface area contributed by atoms with Gasteiger partial charge in [0.05, 0.1) is 23.7 Å². The number of aliphatic hydroxyl groups excluding tert-OH is 4. The van der Waals surface area contributed by atoms with Gasteiger partial charge in [-0.25, -0.2) is 0 Å². The van der Waals surface area contributed by atoms with Crippen molar-refractivity contribution in [2.45, 2.75) is 173 Å². The highest BCUT2D eigenvalue weighted by molar-refractivity contribution is 6.11. The number of allylic oxidation sites excluding steroid dienone is 4. The maximum atomic E-state index is 17.3. The van der Waals surface area contributed by atoms with Crippen molar-refractivity contribution in [1.82, 2.24) is 9.80 Å². The Morgan fingerprint density at radius 2 is 1.37 bits per heavy atom. The standard InChI is InChI=1S/C68H74N2O12/c1-36(2)14-13-27-66(8)28-26-46-59(80-66)45(24-23-37(3)4)61-52(60(46)79-64-58(75)57(74)55(72)48(35-71)78-64)56(73)53-54(69-31-41-19-9-15-39-16-10-20-42(32-69)50(39)41)47-30-49-65(6,7)82-67(62(47)76,68(49,53)81-61)29-25-38(5)63(77)70-33-43-21-11-17-40-18-12-22-44(34-70)51(40)43/h9-12,14-23,25-26,28,47-49,53-55,57-58,64,71-72,74-75H,13,24,27,29-35H2,1-8H3/t47?,48-,49?,53?,54?,55-,57+,58-,64+,66?,67?,68?/m1/s1. The predicted octanol–water partition coefficient (Wildman–Crippen LogP) is 9.55. The van der Waals surface area contributed by atoms with Gasteiger partial charge in [-0.1, -0.05) is 102 Å². The highest BCUT2D eigenvalue weighted by Crippen LogP contribution is 2.71. The van der Waals surface area contributed by atoms with Crippen LogP contribution in [-0.4, -0.2) is 113 Å². The number of rotatable bonds is 12. The molecule has 0 aromatic heterocycles. The highest BCUT2D eigenvalue weighted by Gasteiger charge is 2.86. The minimum absolute atomic E-state index is 0.0280. The van der Waals surface area contributed by atoms with Crippen LogP contribution in [0.4, 0.5) is 0 Å². The van der Waals surface area contributed by atoms with Crippen molar-refractivity contribution in [2.24, 2.45) is 17.8 Å². The molecule has 428 valence electrons. The number of ether oxygens (including phenoxy) is 5. The van der Waals surface area contributed by atoms with Gasteiger partial charge in [0.2, 0.25) is 12.2 Å². The zero-order chi connectivity index (χ0) is 57.5. The van der Waals surface area contributed by atoms with Crippen LogP contribution in [0.25, 0.3) is 27.6 Å². The minimum Gasteiger partial charge on any atom is -0.482 e.